The highest BCUT2D eigenvalue weighted by molar-refractivity contribution is 6.30. The lowest BCUT2D eigenvalue weighted by Crippen LogP contribution is -2.50. The largest absolute Gasteiger partial charge is 0.369 e. The van der Waals surface area contributed by atoms with Gasteiger partial charge in [0.15, 0.2) is 5.96 Å². The lowest BCUT2D eigenvalue weighted by molar-refractivity contribution is -0.129. The number of nitrogens with two attached hydrogens (primary N) is 1. The summed E-state index contributed by atoms with van der Waals surface area (Å²) in [5.41, 5.74) is 5.61. The standard InChI is InChI=1S/C21H21ClFN5O2/c1-21(9-18(29)28(20(24)27-21)11-12-2-3-12)15-8-14(5-6-16(15)23)26-19(30)17-7-4-13(22)10-25-17/h4-8,10,12H,2-3,9,11H2,1H3,(H2,24,27)(H,26,30). The second-order valence-corrected chi connectivity index (χ2v) is 8.32. The van der Waals surface area contributed by atoms with Crippen molar-refractivity contribution in [3.05, 3.63) is 58.6 Å². The van der Waals surface area contributed by atoms with Crippen LogP contribution in [0, 0.1) is 11.7 Å². The summed E-state index contributed by atoms with van der Waals surface area (Å²) in [6.07, 6.45) is 3.51. The van der Waals surface area contributed by atoms with Crippen LogP contribution in [-0.2, 0) is 10.3 Å². The van der Waals surface area contributed by atoms with Crippen LogP contribution in [0.4, 0.5) is 10.1 Å². The number of nitrogens with zero attached hydrogens (tertiary/aromatic N) is 3. The van der Waals surface area contributed by atoms with Crippen molar-refractivity contribution in [2.75, 3.05) is 11.9 Å². The van der Waals surface area contributed by atoms with Crippen LogP contribution in [0.2, 0.25) is 5.02 Å². The van der Waals surface area contributed by atoms with Gasteiger partial charge in [-0.1, -0.05) is 11.6 Å². The van der Waals surface area contributed by atoms with Gasteiger partial charge in [-0.2, -0.15) is 0 Å². The van der Waals surface area contributed by atoms with Crippen LogP contribution in [-0.4, -0.2) is 34.2 Å². The number of nitrogens with one attached hydrogen (secondary N) is 1. The Labute approximate surface area is 178 Å². The summed E-state index contributed by atoms with van der Waals surface area (Å²) in [5.74, 6) is -0.618. The lowest BCUT2D eigenvalue weighted by atomic mass is 9.86. The first kappa shape index (κ1) is 20.3. The predicted octanol–water partition coefficient (Wildman–Crippen LogP) is 3.30. The van der Waals surface area contributed by atoms with Gasteiger partial charge in [0.25, 0.3) is 5.91 Å². The van der Waals surface area contributed by atoms with Crippen molar-refractivity contribution in [1.29, 1.82) is 0 Å². The molecule has 1 aliphatic carbocycles. The molecule has 0 radical (unpaired) electrons. The fourth-order valence-electron chi connectivity index (χ4n) is 3.50. The van der Waals surface area contributed by atoms with Crippen molar-refractivity contribution in [3.63, 3.8) is 0 Å². The van der Waals surface area contributed by atoms with Gasteiger partial charge in [0.2, 0.25) is 5.91 Å². The van der Waals surface area contributed by atoms with Gasteiger partial charge in [-0.3, -0.25) is 14.5 Å². The monoisotopic (exact) mass is 429 g/mol. The van der Waals surface area contributed by atoms with E-state index >= 15 is 0 Å². The number of guanidine groups is 1. The smallest absolute Gasteiger partial charge is 0.274 e. The van der Waals surface area contributed by atoms with Gasteiger partial charge in [0, 0.05) is 24.0 Å². The number of hydrogen-bond acceptors (Lipinski definition) is 5. The van der Waals surface area contributed by atoms with Crippen molar-refractivity contribution in [2.45, 2.75) is 31.7 Å². The molecule has 1 saturated carbocycles. The molecule has 2 amide bonds. The zero-order chi connectivity index (χ0) is 21.5. The maximum atomic E-state index is 14.7. The van der Waals surface area contributed by atoms with Crippen LogP contribution in [0.3, 0.4) is 0 Å². The molecule has 1 aliphatic heterocycles. The van der Waals surface area contributed by atoms with E-state index < -0.39 is 17.3 Å². The summed E-state index contributed by atoms with van der Waals surface area (Å²) in [4.78, 5) is 35.0. The highest BCUT2D eigenvalue weighted by Gasteiger charge is 2.40. The van der Waals surface area contributed by atoms with Crippen molar-refractivity contribution < 1.29 is 14.0 Å². The molecule has 0 spiro atoms. The molecule has 0 bridgehead atoms. The van der Waals surface area contributed by atoms with Gasteiger partial charge in [-0.25, -0.2) is 14.4 Å². The van der Waals surface area contributed by atoms with E-state index in [1.54, 1.807) is 13.0 Å². The van der Waals surface area contributed by atoms with E-state index in [9.17, 15) is 14.0 Å². The average molecular weight is 430 g/mol. The van der Waals surface area contributed by atoms with Crippen LogP contribution in [0.5, 0.6) is 0 Å². The van der Waals surface area contributed by atoms with Crippen LogP contribution in [0.1, 0.15) is 42.2 Å². The molecular formula is C21H21ClFN5O2. The molecule has 1 aromatic carbocycles. The molecule has 3 N–H and O–H groups in total. The van der Waals surface area contributed by atoms with Crippen LogP contribution >= 0.6 is 11.6 Å². The minimum atomic E-state index is -1.16. The number of aromatic nitrogens is 1. The molecular weight excluding hydrogens is 409 g/mol. The Hall–Kier alpha value is -3.00. The average Bonchev–Trinajstić information content (AvgIpc) is 3.51. The first-order chi connectivity index (χ1) is 14.2. The highest BCUT2D eigenvalue weighted by Crippen LogP contribution is 2.37. The molecule has 1 unspecified atom stereocenters. The fourth-order valence-corrected chi connectivity index (χ4v) is 3.61. The number of aliphatic imine (C=N–C) groups is 1. The van der Waals surface area contributed by atoms with Crippen molar-refractivity contribution >= 4 is 35.1 Å². The Morgan fingerprint density at radius 2 is 2.13 bits per heavy atom. The molecule has 30 heavy (non-hydrogen) atoms. The summed E-state index contributed by atoms with van der Waals surface area (Å²) in [7, 11) is 0. The molecule has 1 atom stereocenters. The van der Waals surface area contributed by atoms with Gasteiger partial charge in [-0.05, 0) is 56.0 Å². The third-order valence-corrected chi connectivity index (χ3v) is 5.56. The number of halogens is 2. The maximum absolute atomic E-state index is 14.7. The van der Waals surface area contributed by atoms with Crippen molar-refractivity contribution in [1.82, 2.24) is 9.88 Å². The normalized spacial score (nSPS) is 21.4. The van der Waals surface area contributed by atoms with E-state index in [0.29, 0.717) is 23.2 Å². The van der Waals surface area contributed by atoms with Crippen molar-refractivity contribution in [3.8, 4) is 0 Å². The SMILES string of the molecule is CC1(c2cc(NC(=O)c3ccc(Cl)cn3)ccc2F)CC(=O)N(CC2CC2)C(N)=N1. The van der Waals surface area contributed by atoms with E-state index in [0.717, 1.165) is 12.8 Å². The molecule has 1 aromatic heterocycles. The van der Waals surface area contributed by atoms with E-state index in [-0.39, 0.29) is 29.5 Å². The molecule has 2 heterocycles. The Bertz CT molecular complexity index is 1040. The van der Waals surface area contributed by atoms with Gasteiger partial charge in [0.1, 0.15) is 11.5 Å². The summed E-state index contributed by atoms with van der Waals surface area (Å²) >= 11 is 5.79. The quantitative estimate of drug-likeness (QED) is 0.761. The Morgan fingerprint density at radius 1 is 1.37 bits per heavy atom. The zero-order valence-corrected chi connectivity index (χ0v) is 17.1. The number of carbonyl (C=O) groups excluding carboxylic acids is 2. The van der Waals surface area contributed by atoms with Gasteiger partial charge in [0.05, 0.1) is 17.0 Å². The number of rotatable bonds is 5. The first-order valence-electron chi connectivity index (χ1n) is 9.64. The molecule has 2 aliphatic rings. The maximum Gasteiger partial charge on any atom is 0.274 e. The third kappa shape index (κ3) is 4.14. The minimum Gasteiger partial charge on any atom is -0.369 e. The topological polar surface area (TPSA) is 101 Å². The van der Waals surface area contributed by atoms with Crippen LogP contribution < -0.4 is 11.1 Å². The number of amides is 2. The molecule has 7 nitrogen and oxygen atoms in total. The second kappa shape index (κ2) is 7.68. The number of anilines is 1. The second-order valence-electron chi connectivity index (χ2n) is 7.88. The lowest BCUT2D eigenvalue weighted by Gasteiger charge is -2.35. The fraction of sp³-hybridized carbons (Fsp3) is 0.333. The molecule has 4 rings (SSSR count). The Kier molecular flexibility index (Phi) is 5.19. The van der Waals surface area contributed by atoms with Gasteiger partial charge in [-0.15, -0.1) is 0 Å². The van der Waals surface area contributed by atoms with E-state index in [1.165, 1.54) is 35.4 Å². The predicted molar refractivity (Wildman–Crippen MR) is 112 cm³/mol. The third-order valence-electron chi connectivity index (χ3n) is 5.34. The first-order valence-corrected chi connectivity index (χ1v) is 10.0. The van der Waals surface area contributed by atoms with Crippen LogP contribution in [0.25, 0.3) is 0 Å². The van der Waals surface area contributed by atoms with E-state index in [1.807, 2.05) is 0 Å². The molecule has 2 aromatic rings. The van der Waals surface area contributed by atoms with Gasteiger partial charge < -0.3 is 11.1 Å². The number of carbonyl (C=O) groups is 2. The molecule has 156 valence electrons. The molecule has 0 saturated heterocycles. The summed E-state index contributed by atoms with van der Waals surface area (Å²) < 4.78 is 14.7. The van der Waals surface area contributed by atoms with Crippen LogP contribution in [0.15, 0.2) is 41.5 Å². The minimum absolute atomic E-state index is 0.00647. The van der Waals surface area contributed by atoms with E-state index in [4.69, 9.17) is 17.3 Å². The zero-order valence-electron chi connectivity index (χ0n) is 16.4. The van der Waals surface area contributed by atoms with E-state index in [2.05, 4.69) is 15.3 Å². The molecule has 1 fully saturated rings. The Morgan fingerprint density at radius 3 is 2.77 bits per heavy atom. The number of pyridine rings is 1. The summed E-state index contributed by atoms with van der Waals surface area (Å²) in [6.45, 7) is 2.22. The number of hydrogen-bond donors (Lipinski definition) is 2. The summed E-state index contributed by atoms with van der Waals surface area (Å²) in [5, 5.41) is 3.09. The van der Waals surface area contributed by atoms with Crippen molar-refractivity contribution in [2.24, 2.45) is 16.6 Å². The van der Waals surface area contributed by atoms with Gasteiger partial charge >= 0.3 is 0 Å². The highest BCUT2D eigenvalue weighted by atomic mass is 35.5. The Balaban J connectivity index is 1.59. The summed E-state index contributed by atoms with van der Waals surface area (Å²) in [6, 6.07) is 7.19. The molecule has 9 heteroatoms. The number of benzene rings is 1.